The van der Waals surface area contributed by atoms with Crippen LogP contribution in [-0.2, 0) is 0 Å². The summed E-state index contributed by atoms with van der Waals surface area (Å²) in [7, 11) is 0. The largest absolute Gasteiger partial charge is 0.451 e. The summed E-state index contributed by atoms with van der Waals surface area (Å²) in [4.78, 5) is 17.3. The average molecular weight is 438 g/mol. The van der Waals surface area contributed by atoms with Gasteiger partial charge in [0.1, 0.15) is 11.6 Å². The van der Waals surface area contributed by atoms with Gasteiger partial charge in [-0.3, -0.25) is 4.79 Å². The van der Waals surface area contributed by atoms with Gasteiger partial charge >= 0.3 is 0 Å². The van der Waals surface area contributed by atoms with Gasteiger partial charge in [-0.15, -0.1) is 0 Å². The number of rotatable bonds is 5. The summed E-state index contributed by atoms with van der Waals surface area (Å²) in [6, 6.07) is 12.8. The van der Waals surface area contributed by atoms with Crippen LogP contribution in [0.3, 0.4) is 0 Å². The highest BCUT2D eigenvalue weighted by Gasteiger charge is 2.16. The molecule has 0 saturated carbocycles. The highest BCUT2D eigenvalue weighted by Crippen LogP contribution is 2.27. The van der Waals surface area contributed by atoms with Crippen LogP contribution < -0.4 is 10.3 Å². The summed E-state index contributed by atoms with van der Waals surface area (Å²) in [5, 5.41) is 0.347. The molecule has 0 aliphatic carbocycles. The highest BCUT2D eigenvalue weighted by atomic mass is 35.5. The molecule has 0 amide bonds. The number of halogens is 2. The fraction of sp³-hybridized carbons (Fsp3) is 0.167. The van der Waals surface area contributed by atoms with E-state index < -0.39 is 6.04 Å². The van der Waals surface area contributed by atoms with Gasteiger partial charge in [0.2, 0.25) is 0 Å². The topological polar surface area (TPSA) is 49.0 Å². The van der Waals surface area contributed by atoms with Gasteiger partial charge in [0.25, 0.3) is 5.56 Å². The van der Waals surface area contributed by atoms with Gasteiger partial charge < -0.3 is 13.9 Å². The number of nitrogens with zero attached hydrogens (tertiary/aromatic N) is 3. The fourth-order valence-corrected chi connectivity index (χ4v) is 3.70. The quantitative estimate of drug-likeness (QED) is 0.393. The molecule has 2 aromatic heterocycles. The average Bonchev–Trinajstić information content (AvgIpc) is 3.16. The lowest BCUT2D eigenvalue weighted by atomic mass is 10.1. The summed E-state index contributed by atoms with van der Waals surface area (Å²) in [6.07, 6.45) is 5.22. The maximum absolute atomic E-state index is 13.6. The van der Waals surface area contributed by atoms with Crippen LogP contribution in [0.5, 0.6) is 11.5 Å². The Morgan fingerprint density at radius 3 is 2.58 bits per heavy atom. The minimum Gasteiger partial charge on any atom is -0.451 e. The smallest absolute Gasteiger partial charge is 0.294 e. The summed E-state index contributed by atoms with van der Waals surface area (Å²) in [5.41, 5.74) is 3.16. The molecule has 4 aromatic rings. The molecule has 5 nitrogen and oxygen atoms in total. The third kappa shape index (κ3) is 4.39. The molecule has 4 rings (SSSR count). The molecule has 158 valence electrons. The first-order valence-electron chi connectivity index (χ1n) is 9.78. The van der Waals surface area contributed by atoms with Crippen molar-refractivity contribution in [3.05, 3.63) is 105 Å². The van der Waals surface area contributed by atoms with E-state index in [4.69, 9.17) is 16.3 Å². The van der Waals surface area contributed by atoms with Crippen molar-refractivity contribution in [2.24, 2.45) is 0 Å². The maximum atomic E-state index is 13.6. The molecular weight excluding hydrogens is 417 g/mol. The lowest BCUT2D eigenvalue weighted by Gasteiger charge is -2.18. The molecule has 0 bridgehead atoms. The standard InChI is InChI=1S/C24H21ClFN3O2/c1-15-9-21(7-8-22(15)28-12-16(2)27-14-28)31-23-11-19(25)13-29(24(23)30)17(3)18-5-4-6-20(26)10-18/h4-14,17H,1-3H3/t17-/m0/s1. The number of pyridine rings is 1. The molecule has 0 radical (unpaired) electrons. The van der Waals surface area contributed by atoms with Crippen LogP contribution in [-0.4, -0.2) is 14.1 Å². The molecule has 0 saturated heterocycles. The Bertz CT molecular complexity index is 1310. The zero-order valence-electron chi connectivity index (χ0n) is 17.3. The van der Waals surface area contributed by atoms with Gasteiger partial charge in [-0.2, -0.15) is 0 Å². The molecule has 7 heteroatoms. The number of benzene rings is 2. The van der Waals surface area contributed by atoms with Crippen molar-refractivity contribution in [1.29, 1.82) is 0 Å². The SMILES string of the molecule is Cc1cn(-c2ccc(Oc3cc(Cl)cn([C@@H](C)c4cccc(F)c4)c3=O)cc2C)cn1. The van der Waals surface area contributed by atoms with Crippen LogP contribution in [0.25, 0.3) is 5.69 Å². The molecular formula is C24H21ClFN3O2. The minimum absolute atomic E-state index is 0.0985. The van der Waals surface area contributed by atoms with Crippen molar-refractivity contribution < 1.29 is 9.13 Å². The highest BCUT2D eigenvalue weighted by molar-refractivity contribution is 6.30. The van der Waals surface area contributed by atoms with Crippen LogP contribution in [0.2, 0.25) is 5.02 Å². The van der Waals surface area contributed by atoms with Crippen molar-refractivity contribution >= 4 is 11.6 Å². The third-order valence-corrected chi connectivity index (χ3v) is 5.32. The predicted molar refractivity (Wildman–Crippen MR) is 119 cm³/mol. The van der Waals surface area contributed by atoms with E-state index in [2.05, 4.69) is 4.98 Å². The van der Waals surface area contributed by atoms with E-state index in [1.165, 1.54) is 29.0 Å². The number of imidazole rings is 1. The van der Waals surface area contributed by atoms with Gasteiger partial charge in [-0.1, -0.05) is 23.7 Å². The normalized spacial score (nSPS) is 12.0. The fourth-order valence-electron chi connectivity index (χ4n) is 3.49. The van der Waals surface area contributed by atoms with Crippen LogP contribution in [0.1, 0.15) is 29.8 Å². The Balaban J connectivity index is 1.66. The number of ether oxygens (including phenoxy) is 1. The second kappa shape index (κ2) is 8.40. The Labute approximate surface area is 184 Å². The number of aromatic nitrogens is 3. The monoisotopic (exact) mass is 437 g/mol. The molecule has 1 atom stereocenters. The van der Waals surface area contributed by atoms with Crippen LogP contribution in [0.4, 0.5) is 4.39 Å². The number of hydrogen-bond donors (Lipinski definition) is 0. The molecule has 0 unspecified atom stereocenters. The summed E-state index contributed by atoms with van der Waals surface area (Å²) in [5.74, 6) is 0.253. The lowest BCUT2D eigenvalue weighted by Crippen LogP contribution is -2.24. The Morgan fingerprint density at radius 2 is 1.90 bits per heavy atom. The minimum atomic E-state index is -0.419. The van der Waals surface area contributed by atoms with Gasteiger partial charge in [0, 0.05) is 24.1 Å². The Hall–Kier alpha value is -3.38. The molecule has 2 aromatic carbocycles. The van der Waals surface area contributed by atoms with E-state index in [1.54, 1.807) is 24.5 Å². The van der Waals surface area contributed by atoms with Crippen LogP contribution in [0, 0.1) is 19.7 Å². The van der Waals surface area contributed by atoms with E-state index in [0.29, 0.717) is 16.3 Å². The first-order valence-corrected chi connectivity index (χ1v) is 10.2. The van der Waals surface area contributed by atoms with Crippen LogP contribution >= 0.6 is 11.6 Å². The van der Waals surface area contributed by atoms with E-state index in [0.717, 1.165) is 16.9 Å². The summed E-state index contributed by atoms with van der Waals surface area (Å²) < 4.78 is 22.9. The zero-order valence-corrected chi connectivity index (χ0v) is 18.1. The van der Waals surface area contributed by atoms with Gasteiger partial charge in [-0.05, 0) is 62.2 Å². The second-order valence-electron chi connectivity index (χ2n) is 7.44. The van der Waals surface area contributed by atoms with E-state index in [-0.39, 0.29) is 17.1 Å². The molecule has 0 aliphatic heterocycles. The molecule has 0 N–H and O–H groups in total. The van der Waals surface area contributed by atoms with Gasteiger partial charge in [0.15, 0.2) is 5.75 Å². The third-order valence-electron chi connectivity index (χ3n) is 5.11. The first kappa shape index (κ1) is 20.9. The van der Waals surface area contributed by atoms with Crippen molar-refractivity contribution in [3.8, 4) is 17.2 Å². The van der Waals surface area contributed by atoms with Crippen molar-refractivity contribution in [1.82, 2.24) is 14.1 Å². The Kier molecular flexibility index (Phi) is 5.65. The number of hydrogen-bond acceptors (Lipinski definition) is 3. The molecule has 31 heavy (non-hydrogen) atoms. The summed E-state index contributed by atoms with van der Waals surface area (Å²) in [6.45, 7) is 5.69. The zero-order chi connectivity index (χ0) is 22.1. The van der Waals surface area contributed by atoms with E-state index >= 15 is 0 Å². The molecule has 0 fully saturated rings. The van der Waals surface area contributed by atoms with Crippen molar-refractivity contribution in [3.63, 3.8) is 0 Å². The second-order valence-corrected chi connectivity index (χ2v) is 7.88. The molecule has 0 spiro atoms. The lowest BCUT2D eigenvalue weighted by molar-refractivity contribution is 0.461. The van der Waals surface area contributed by atoms with Gasteiger partial charge in [-0.25, -0.2) is 9.37 Å². The first-order chi connectivity index (χ1) is 14.8. The van der Waals surface area contributed by atoms with Crippen LogP contribution in [0.15, 0.2) is 72.0 Å². The molecule has 2 heterocycles. The van der Waals surface area contributed by atoms with Gasteiger partial charge in [0.05, 0.1) is 23.1 Å². The maximum Gasteiger partial charge on any atom is 0.294 e. The number of aryl methyl sites for hydroxylation is 2. The Morgan fingerprint density at radius 1 is 1.10 bits per heavy atom. The van der Waals surface area contributed by atoms with E-state index in [9.17, 15) is 9.18 Å². The van der Waals surface area contributed by atoms with E-state index in [1.807, 2.05) is 43.7 Å². The molecule has 0 aliphatic rings. The van der Waals surface area contributed by atoms with Crippen molar-refractivity contribution in [2.75, 3.05) is 0 Å². The van der Waals surface area contributed by atoms with Crippen molar-refractivity contribution in [2.45, 2.75) is 26.8 Å². The summed E-state index contributed by atoms with van der Waals surface area (Å²) >= 11 is 6.27. The predicted octanol–water partition coefficient (Wildman–Crippen LogP) is 5.84.